The van der Waals surface area contributed by atoms with Gasteiger partial charge in [-0.1, -0.05) is 49.4 Å². The number of urea groups is 1. The molecule has 2 fully saturated rings. The van der Waals surface area contributed by atoms with E-state index in [-0.39, 0.29) is 34.9 Å². The highest BCUT2D eigenvalue weighted by Crippen LogP contribution is 2.51. The number of nitrogens with one attached hydrogen (secondary N) is 2. The number of amides is 4. The summed E-state index contributed by atoms with van der Waals surface area (Å²) < 4.78 is 5.88. The molecule has 0 radical (unpaired) electrons. The van der Waals surface area contributed by atoms with E-state index in [2.05, 4.69) is 33.6 Å². The van der Waals surface area contributed by atoms with Gasteiger partial charge in [-0.2, -0.15) is 5.26 Å². The first-order valence-electron chi connectivity index (χ1n) is 15.9. The van der Waals surface area contributed by atoms with Crippen LogP contribution >= 0.6 is 11.8 Å². The number of piperidine rings is 1. The fourth-order valence-electron chi connectivity index (χ4n) is 6.80. The molecular formula is C35H35N7O4S. The average molecular weight is 650 g/mol. The summed E-state index contributed by atoms with van der Waals surface area (Å²) in [7, 11) is 0. The fraction of sp³-hybridized carbons (Fsp3) is 0.371. The van der Waals surface area contributed by atoms with E-state index in [1.54, 1.807) is 34.2 Å². The van der Waals surface area contributed by atoms with E-state index in [1.165, 1.54) is 11.8 Å². The van der Waals surface area contributed by atoms with Crippen molar-refractivity contribution in [1.82, 2.24) is 25.5 Å². The second kappa shape index (κ2) is 12.4. The van der Waals surface area contributed by atoms with Gasteiger partial charge in [0.05, 0.1) is 23.1 Å². The molecule has 0 bridgehead atoms. The summed E-state index contributed by atoms with van der Waals surface area (Å²) in [6.45, 7) is 4.77. The lowest BCUT2D eigenvalue weighted by molar-refractivity contribution is -0.129. The zero-order valence-corrected chi connectivity index (χ0v) is 27.0. The van der Waals surface area contributed by atoms with E-state index >= 15 is 0 Å². The average Bonchev–Trinajstić information content (AvgIpc) is 3.43. The van der Waals surface area contributed by atoms with E-state index in [0.717, 1.165) is 24.8 Å². The number of nitrogens with zero attached hydrogens (tertiary/aromatic N) is 5. The quantitative estimate of drug-likeness (QED) is 0.245. The Hall–Kier alpha value is -4.89. The van der Waals surface area contributed by atoms with Crippen molar-refractivity contribution in [2.75, 3.05) is 18.0 Å². The number of pyridine rings is 2. The summed E-state index contributed by atoms with van der Waals surface area (Å²) in [4.78, 5) is 53.1. The van der Waals surface area contributed by atoms with Crippen LogP contribution in [-0.4, -0.2) is 57.1 Å². The van der Waals surface area contributed by atoms with Gasteiger partial charge in [0.25, 0.3) is 5.91 Å². The minimum Gasteiger partial charge on any atom is -0.439 e. The molecule has 0 spiro atoms. The molecule has 2 unspecified atom stereocenters. The van der Waals surface area contributed by atoms with Crippen LogP contribution in [0.5, 0.6) is 11.6 Å². The molecule has 1 saturated carbocycles. The molecule has 240 valence electrons. The molecule has 1 saturated heterocycles. The third-order valence-corrected chi connectivity index (χ3v) is 10.7. The highest BCUT2D eigenvalue weighted by molar-refractivity contribution is 8.01. The summed E-state index contributed by atoms with van der Waals surface area (Å²) in [5, 5.41) is 16.0. The van der Waals surface area contributed by atoms with Crippen LogP contribution in [0.15, 0.2) is 71.4 Å². The molecule has 3 atom stereocenters. The van der Waals surface area contributed by atoms with Crippen LogP contribution in [0, 0.1) is 23.7 Å². The third-order valence-electron chi connectivity index (χ3n) is 9.40. The Balaban J connectivity index is 1.06. The smallest absolute Gasteiger partial charge is 0.327 e. The van der Waals surface area contributed by atoms with Gasteiger partial charge in [-0.3, -0.25) is 14.5 Å². The van der Waals surface area contributed by atoms with Crippen LogP contribution in [0.2, 0.25) is 0 Å². The van der Waals surface area contributed by atoms with Crippen LogP contribution in [0.1, 0.15) is 56.3 Å². The number of hydrogen-bond acceptors (Lipinski definition) is 8. The minimum atomic E-state index is -0.634. The maximum atomic E-state index is 13.8. The maximum absolute atomic E-state index is 13.8. The number of benzene rings is 1. The van der Waals surface area contributed by atoms with Crippen molar-refractivity contribution in [2.45, 2.75) is 68.3 Å². The molecule has 2 aromatic heterocycles. The Labute approximate surface area is 277 Å². The summed E-state index contributed by atoms with van der Waals surface area (Å²) >= 11 is 1.32. The molecule has 4 aliphatic rings. The van der Waals surface area contributed by atoms with Crippen LogP contribution in [0.4, 0.5) is 16.2 Å². The van der Waals surface area contributed by atoms with Crippen molar-refractivity contribution in [1.29, 1.82) is 5.26 Å². The van der Waals surface area contributed by atoms with Gasteiger partial charge in [-0.05, 0) is 62.3 Å². The number of nitriles is 1. The molecule has 4 amide bonds. The number of anilines is 2. The zero-order chi connectivity index (χ0) is 32.7. The van der Waals surface area contributed by atoms with E-state index in [4.69, 9.17) is 4.74 Å². The number of ether oxygens (including phenoxy) is 1. The van der Waals surface area contributed by atoms with Gasteiger partial charge in [-0.15, -0.1) is 0 Å². The van der Waals surface area contributed by atoms with Gasteiger partial charge >= 0.3 is 6.03 Å². The number of hydrogen-bond donors (Lipinski definition) is 2. The third kappa shape index (κ3) is 5.91. The molecule has 11 nitrogen and oxygen atoms in total. The second-order valence-electron chi connectivity index (χ2n) is 12.8. The van der Waals surface area contributed by atoms with Crippen LogP contribution in [-0.2, 0) is 9.59 Å². The predicted molar refractivity (Wildman–Crippen MR) is 176 cm³/mol. The Morgan fingerprint density at radius 3 is 2.68 bits per heavy atom. The Kier molecular flexibility index (Phi) is 8.09. The zero-order valence-electron chi connectivity index (χ0n) is 26.2. The molecule has 2 N–H and O–H groups in total. The summed E-state index contributed by atoms with van der Waals surface area (Å²) in [5.41, 5.74) is 2.72. The molecule has 3 aliphatic heterocycles. The van der Waals surface area contributed by atoms with Gasteiger partial charge in [0.2, 0.25) is 11.8 Å². The summed E-state index contributed by atoms with van der Waals surface area (Å²) in [5.74, 6) is 0.569. The molecular weight excluding hydrogens is 614 g/mol. The Morgan fingerprint density at radius 1 is 1.15 bits per heavy atom. The lowest BCUT2D eigenvalue weighted by atomic mass is 9.69. The topological polar surface area (TPSA) is 141 Å². The van der Waals surface area contributed by atoms with Crippen molar-refractivity contribution in [3.63, 3.8) is 0 Å². The van der Waals surface area contributed by atoms with Crippen molar-refractivity contribution in [2.24, 2.45) is 5.41 Å². The molecule has 1 aliphatic carbocycles. The molecule has 3 aromatic rings. The number of para-hydroxylation sites is 1. The summed E-state index contributed by atoms with van der Waals surface area (Å²) in [6, 6.07) is 15.6. The Bertz CT molecular complexity index is 1820. The number of aryl methyl sites for hydroxylation is 1. The standard InChI is InChI=1S/C35H35N7O4S/c1-21-25(11-12-27(38-21)46-24-9-4-3-5-10-24)42-26-13-16-37-32-28(26)29(40-34(42)45)30(47-32)31(43)39-23-8-6-17-41(20-23)33(44)22(19-36)18-35(2)14-7-15-35/h3-5,9-13,16,18,23,29-30H,6-8,14-15,17,20H2,1-2H3,(H,39,43)(H,40,45)/b22-18+/t23?,29?,30-/m1/s1. The van der Waals surface area contributed by atoms with Crippen molar-refractivity contribution < 1.29 is 19.1 Å². The van der Waals surface area contributed by atoms with Gasteiger partial charge in [0.1, 0.15) is 27.7 Å². The van der Waals surface area contributed by atoms with Gasteiger partial charge in [0, 0.05) is 37.0 Å². The first-order valence-corrected chi connectivity index (χ1v) is 16.8. The van der Waals surface area contributed by atoms with Gasteiger partial charge in [0.15, 0.2) is 0 Å². The van der Waals surface area contributed by atoms with Crippen molar-refractivity contribution >= 4 is 41.0 Å². The number of thioether (sulfide) groups is 1. The van der Waals surface area contributed by atoms with E-state index < -0.39 is 11.3 Å². The first kappa shape index (κ1) is 30.7. The number of allylic oxidation sites excluding steroid dienone is 1. The van der Waals surface area contributed by atoms with Crippen molar-refractivity contribution in [3.8, 4) is 17.7 Å². The van der Waals surface area contributed by atoms with Crippen LogP contribution in [0.3, 0.4) is 0 Å². The van der Waals surface area contributed by atoms with Gasteiger partial charge < -0.3 is 20.3 Å². The molecule has 5 heterocycles. The first-order chi connectivity index (χ1) is 22.7. The molecule has 1 aromatic carbocycles. The van der Waals surface area contributed by atoms with E-state index in [1.807, 2.05) is 43.3 Å². The molecule has 12 heteroatoms. The monoisotopic (exact) mass is 649 g/mol. The lowest BCUT2D eigenvalue weighted by Crippen LogP contribution is -2.54. The van der Waals surface area contributed by atoms with Crippen molar-refractivity contribution in [3.05, 3.63) is 77.6 Å². The fourth-order valence-corrected chi connectivity index (χ4v) is 8.04. The number of carbonyl (C=O) groups excluding carboxylic acids is 3. The molecule has 7 rings (SSSR count). The largest absolute Gasteiger partial charge is 0.439 e. The molecule has 47 heavy (non-hydrogen) atoms. The van der Waals surface area contributed by atoms with E-state index in [0.29, 0.717) is 59.7 Å². The second-order valence-corrected chi connectivity index (χ2v) is 13.9. The number of carbonyl (C=O) groups is 3. The summed E-state index contributed by atoms with van der Waals surface area (Å²) in [6.07, 6.45) is 7.97. The Morgan fingerprint density at radius 2 is 1.96 bits per heavy atom. The lowest BCUT2D eigenvalue weighted by Gasteiger charge is -2.37. The normalized spacial score (nSPS) is 22.8. The van der Waals surface area contributed by atoms with Crippen LogP contribution in [0.25, 0.3) is 0 Å². The highest BCUT2D eigenvalue weighted by atomic mass is 32.2. The SMILES string of the molecule is Cc1nc(Oc2ccccc2)ccc1N1C(=O)NC2c3c1ccnc3S[C@H]2C(=O)NC1CCCN(C(=O)/C(C#N)=C/C2(C)CCC2)C1. The van der Waals surface area contributed by atoms with Gasteiger partial charge in [-0.25, -0.2) is 14.8 Å². The highest BCUT2D eigenvalue weighted by Gasteiger charge is 2.47. The maximum Gasteiger partial charge on any atom is 0.327 e. The van der Waals surface area contributed by atoms with E-state index in [9.17, 15) is 19.6 Å². The predicted octanol–water partition coefficient (Wildman–Crippen LogP) is 5.70. The minimum absolute atomic E-state index is 0.0961. The number of aromatic nitrogens is 2. The number of likely N-dealkylation sites (tertiary alicyclic amines) is 1. The number of rotatable bonds is 7. The van der Waals surface area contributed by atoms with Crippen LogP contribution < -0.4 is 20.3 Å².